The highest BCUT2D eigenvalue weighted by atomic mass is 16.2. The van der Waals surface area contributed by atoms with Gasteiger partial charge in [0.2, 0.25) is 5.91 Å². The number of pyridine rings is 1. The number of carbonyl (C=O) groups excluding carboxylic acids is 2. The Bertz CT molecular complexity index is 1350. The molecule has 0 radical (unpaired) electrons. The number of aromatic nitrogens is 1. The van der Waals surface area contributed by atoms with E-state index in [-0.39, 0.29) is 17.7 Å². The van der Waals surface area contributed by atoms with E-state index >= 15 is 0 Å². The molecule has 0 N–H and O–H groups in total. The van der Waals surface area contributed by atoms with Gasteiger partial charge in [0, 0.05) is 56.4 Å². The van der Waals surface area contributed by atoms with Crippen molar-refractivity contribution < 1.29 is 9.59 Å². The predicted molar refractivity (Wildman–Crippen MR) is 139 cm³/mol. The van der Waals surface area contributed by atoms with E-state index in [9.17, 15) is 9.59 Å². The first-order chi connectivity index (χ1) is 17.1. The number of fused-ring (bicyclic) bond motifs is 1. The zero-order valence-electron chi connectivity index (χ0n) is 19.9. The van der Waals surface area contributed by atoms with Crippen molar-refractivity contribution in [3.8, 4) is 11.1 Å². The third kappa shape index (κ3) is 4.94. The number of rotatable bonds is 4. The van der Waals surface area contributed by atoms with Crippen LogP contribution < -0.4 is 0 Å². The van der Waals surface area contributed by atoms with Crippen molar-refractivity contribution in [2.75, 3.05) is 26.2 Å². The van der Waals surface area contributed by atoms with Crippen LogP contribution in [0.2, 0.25) is 0 Å². The van der Waals surface area contributed by atoms with Gasteiger partial charge in [-0.3, -0.25) is 14.6 Å². The Balaban J connectivity index is 1.45. The fourth-order valence-corrected chi connectivity index (χ4v) is 5.07. The van der Waals surface area contributed by atoms with Gasteiger partial charge in [0.1, 0.15) is 0 Å². The van der Waals surface area contributed by atoms with E-state index < -0.39 is 0 Å². The van der Waals surface area contributed by atoms with Crippen LogP contribution in [-0.2, 0) is 11.2 Å². The molecule has 176 valence electrons. The lowest BCUT2D eigenvalue weighted by Crippen LogP contribution is -2.37. The average Bonchev–Trinajstić information content (AvgIpc) is 3.12. The monoisotopic (exact) mass is 463 g/mol. The van der Waals surface area contributed by atoms with Crippen LogP contribution in [0.15, 0.2) is 91.3 Å². The molecule has 5 rings (SSSR count). The second-order valence-electron chi connectivity index (χ2n) is 9.22. The molecular formula is C30H29N3O2. The molecular weight excluding hydrogens is 434 g/mol. The molecule has 0 spiro atoms. The Kier molecular flexibility index (Phi) is 6.57. The largest absolute Gasteiger partial charge is 0.341 e. The van der Waals surface area contributed by atoms with Gasteiger partial charge in [-0.1, -0.05) is 72.8 Å². The highest BCUT2D eigenvalue weighted by Gasteiger charge is 2.29. The lowest BCUT2D eigenvalue weighted by Gasteiger charge is -2.25. The Morgan fingerprint density at radius 3 is 2.34 bits per heavy atom. The van der Waals surface area contributed by atoms with Crippen LogP contribution in [0.1, 0.15) is 22.8 Å². The quantitative estimate of drug-likeness (QED) is 0.425. The van der Waals surface area contributed by atoms with Crippen molar-refractivity contribution in [1.82, 2.24) is 14.8 Å². The summed E-state index contributed by atoms with van der Waals surface area (Å²) < 4.78 is 0. The van der Waals surface area contributed by atoms with Gasteiger partial charge in [-0.05, 0) is 40.5 Å². The van der Waals surface area contributed by atoms with Gasteiger partial charge in [-0.25, -0.2) is 0 Å². The number of carbonyl (C=O) groups is 2. The number of hydrogen-bond donors (Lipinski definition) is 0. The summed E-state index contributed by atoms with van der Waals surface area (Å²) in [5.41, 5.74) is 3.80. The first-order valence-corrected chi connectivity index (χ1v) is 12.1. The Hall–Kier alpha value is -3.99. The SMILES string of the molecule is CC(=O)N1CCN(C(=O)c2ccccc2-c2ccccc2)C[C@H](Cc2cncc3ccccc23)C1. The zero-order valence-corrected chi connectivity index (χ0v) is 19.9. The molecule has 4 aromatic rings. The summed E-state index contributed by atoms with van der Waals surface area (Å²) in [4.78, 5) is 34.4. The molecule has 35 heavy (non-hydrogen) atoms. The first kappa shape index (κ1) is 22.8. The van der Waals surface area contributed by atoms with Crippen LogP contribution in [0.5, 0.6) is 0 Å². The first-order valence-electron chi connectivity index (χ1n) is 12.1. The maximum absolute atomic E-state index is 13.8. The zero-order chi connectivity index (χ0) is 24.2. The van der Waals surface area contributed by atoms with Gasteiger partial charge in [0.25, 0.3) is 5.91 Å². The van der Waals surface area contributed by atoms with Gasteiger partial charge < -0.3 is 9.80 Å². The summed E-state index contributed by atoms with van der Waals surface area (Å²) in [5.74, 6) is 0.169. The molecule has 1 aliphatic heterocycles. The highest BCUT2D eigenvalue weighted by molar-refractivity contribution is 6.01. The van der Waals surface area contributed by atoms with Crippen molar-refractivity contribution in [1.29, 1.82) is 0 Å². The maximum Gasteiger partial charge on any atom is 0.254 e. The van der Waals surface area contributed by atoms with Gasteiger partial charge in [0.15, 0.2) is 0 Å². The second kappa shape index (κ2) is 10.1. The number of hydrogen-bond acceptors (Lipinski definition) is 3. The van der Waals surface area contributed by atoms with E-state index in [1.165, 1.54) is 5.39 Å². The molecule has 0 aliphatic carbocycles. The molecule has 1 aliphatic rings. The van der Waals surface area contributed by atoms with Crippen LogP contribution in [0.25, 0.3) is 21.9 Å². The summed E-state index contributed by atoms with van der Waals surface area (Å²) in [6, 6.07) is 26.0. The molecule has 2 heterocycles. The standard InChI is InChI=1S/C30H29N3O2/c1-22(34)32-15-16-33(30(35)29-14-8-7-13-28(29)24-9-3-2-4-10-24)21-23(20-32)17-26-19-31-18-25-11-5-6-12-27(25)26/h2-14,18-19,23H,15-17,20-21H2,1H3/t23-/m1/s1. The Morgan fingerprint density at radius 1 is 0.829 bits per heavy atom. The maximum atomic E-state index is 13.8. The molecule has 1 fully saturated rings. The predicted octanol–water partition coefficient (Wildman–Crippen LogP) is 5.07. The van der Waals surface area contributed by atoms with Crippen LogP contribution in [-0.4, -0.2) is 52.8 Å². The van der Waals surface area contributed by atoms with Crippen LogP contribution in [0.3, 0.4) is 0 Å². The lowest BCUT2D eigenvalue weighted by molar-refractivity contribution is -0.129. The van der Waals surface area contributed by atoms with Crippen LogP contribution >= 0.6 is 0 Å². The van der Waals surface area contributed by atoms with E-state index in [4.69, 9.17) is 0 Å². The molecule has 3 aromatic carbocycles. The molecule has 1 saturated heterocycles. The molecule has 1 atom stereocenters. The summed E-state index contributed by atoms with van der Waals surface area (Å²) in [5, 5.41) is 2.28. The normalized spacial score (nSPS) is 16.2. The molecule has 0 unspecified atom stereocenters. The molecule has 5 heteroatoms. The highest BCUT2D eigenvalue weighted by Crippen LogP contribution is 2.27. The van der Waals surface area contributed by atoms with Gasteiger partial charge in [0.05, 0.1) is 0 Å². The summed E-state index contributed by atoms with van der Waals surface area (Å²) >= 11 is 0. The molecule has 1 aromatic heterocycles. The van der Waals surface area contributed by atoms with E-state index in [0.717, 1.165) is 28.5 Å². The number of amides is 2. The topological polar surface area (TPSA) is 53.5 Å². The number of nitrogens with zero attached hydrogens (tertiary/aromatic N) is 3. The lowest BCUT2D eigenvalue weighted by atomic mass is 9.95. The minimum Gasteiger partial charge on any atom is -0.341 e. The van der Waals surface area contributed by atoms with E-state index in [1.807, 2.05) is 88.9 Å². The number of benzene rings is 3. The van der Waals surface area contributed by atoms with Gasteiger partial charge >= 0.3 is 0 Å². The van der Waals surface area contributed by atoms with Crippen molar-refractivity contribution in [2.24, 2.45) is 5.92 Å². The third-order valence-corrected chi connectivity index (χ3v) is 6.83. The van der Waals surface area contributed by atoms with E-state index in [2.05, 4.69) is 17.1 Å². The third-order valence-electron chi connectivity index (χ3n) is 6.83. The fraction of sp³-hybridized carbons (Fsp3) is 0.233. The van der Waals surface area contributed by atoms with Crippen molar-refractivity contribution in [2.45, 2.75) is 13.3 Å². The summed E-state index contributed by atoms with van der Waals surface area (Å²) in [6.45, 7) is 3.89. The Labute approximate surface area is 206 Å². The fourth-order valence-electron chi connectivity index (χ4n) is 5.07. The van der Waals surface area contributed by atoms with Crippen molar-refractivity contribution >= 4 is 22.6 Å². The minimum atomic E-state index is 0.0101. The second-order valence-corrected chi connectivity index (χ2v) is 9.22. The summed E-state index contributed by atoms with van der Waals surface area (Å²) in [7, 11) is 0. The smallest absolute Gasteiger partial charge is 0.254 e. The molecule has 0 bridgehead atoms. The Morgan fingerprint density at radius 2 is 1.51 bits per heavy atom. The average molecular weight is 464 g/mol. The van der Waals surface area contributed by atoms with Crippen molar-refractivity contribution in [3.05, 3.63) is 102 Å². The van der Waals surface area contributed by atoms with Crippen molar-refractivity contribution in [3.63, 3.8) is 0 Å². The van der Waals surface area contributed by atoms with E-state index in [1.54, 1.807) is 6.92 Å². The molecule has 5 nitrogen and oxygen atoms in total. The van der Waals surface area contributed by atoms with Gasteiger partial charge in [-0.2, -0.15) is 0 Å². The molecule has 0 saturated carbocycles. The van der Waals surface area contributed by atoms with Gasteiger partial charge in [-0.15, -0.1) is 0 Å². The van der Waals surface area contributed by atoms with Crippen LogP contribution in [0.4, 0.5) is 0 Å². The molecule has 2 amide bonds. The van der Waals surface area contributed by atoms with E-state index in [0.29, 0.717) is 31.7 Å². The minimum absolute atomic E-state index is 0.0101. The summed E-state index contributed by atoms with van der Waals surface area (Å²) in [6.07, 6.45) is 4.55. The van der Waals surface area contributed by atoms with Crippen LogP contribution in [0, 0.1) is 5.92 Å².